The second-order valence-electron chi connectivity index (χ2n) is 6.34. The molecule has 7 nitrogen and oxygen atoms in total. The van der Waals surface area contributed by atoms with Gasteiger partial charge < -0.3 is 4.90 Å². The third-order valence-corrected chi connectivity index (χ3v) is 4.59. The van der Waals surface area contributed by atoms with Crippen LogP contribution in [0.4, 0.5) is 0 Å². The van der Waals surface area contributed by atoms with Crippen molar-refractivity contribution in [3.8, 4) is 0 Å². The average molecular weight is 316 g/mol. The molecule has 0 saturated carbocycles. The summed E-state index contributed by atoms with van der Waals surface area (Å²) in [5, 5.41) is 8.64. The summed E-state index contributed by atoms with van der Waals surface area (Å²) in [6, 6.07) is 1.95. The van der Waals surface area contributed by atoms with Crippen LogP contribution in [0.1, 0.15) is 43.6 Å². The van der Waals surface area contributed by atoms with Crippen LogP contribution in [-0.2, 0) is 11.3 Å². The van der Waals surface area contributed by atoms with Gasteiger partial charge in [0, 0.05) is 12.2 Å². The minimum atomic E-state index is -0.321. The van der Waals surface area contributed by atoms with Gasteiger partial charge in [-0.3, -0.25) is 9.48 Å². The number of aryl methyl sites for hydroxylation is 2. The maximum absolute atomic E-state index is 12.9. The molecule has 1 aliphatic heterocycles. The van der Waals surface area contributed by atoms with E-state index in [2.05, 4.69) is 28.2 Å². The van der Waals surface area contributed by atoms with Crippen LogP contribution in [0.5, 0.6) is 0 Å². The zero-order valence-corrected chi connectivity index (χ0v) is 14.0. The van der Waals surface area contributed by atoms with Gasteiger partial charge >= 0.3 is 0 Å². The molecule has 1 saturated heterocycles. The van der Waals surface area contributed by atoms with Crippen LogP contribution in [0, 0.1) is 13.8 Å². The first kappa shape index (κ1) is 15.7. The smallest absolute Gasteiger partial charge is 0.247 e. The first-order valence-corrected chi connectivity index (χ1v) is 8.22. The molecule has 0 aromatic carbocycles. The lowest BCUT2D eigenvalue weighted by atomic mass is 10.0. The molecular weight excluding hydrogens is 292 g/mol. The van der Waals surface area contributed by atoms with Gasteiger partial charge in [0.25, 0.3) is 0 Å². The Morgan fingerprint density at radius 1 is 1.39 bits per heavy atom. The monoisotopic (exact) mass is 316 g/mol. The van der Waals surface area contributed by atoms with Crippen LogP contribution in [0.15, 0.2) is 18.7 Å². The van der Waals surface area contributed by atoms with Gasteiger partial charge in [-0.1, -0.05) is 0 Å². The van der Waals surface area contributed by atoms with Crippen LogP contribution in [0.2, 0.25) is 0 Å². The summed E-state index contributed by atoms with van der Waals surface area (Å²) in [7, 11) is 0. The molecule has 0 bridgehead atoms. The molecule has 2 atom stereocenters. The molecule has 2 aromatic heterocycles. The molecular formula is C16H24N6O. The Kier molecular flexibility index (Phi) is 4.45. The molecule has 0 unspecified atom stereocenters. The van der Waals surface area contributed by atoms with Crippen LogP contribution in [-0.4, -0.2) is 47.9 Å². The van der Waals surface area contributed by atoms with Crippen LogP contribution in [0.3, 0.4) is 0 Å². The molecule has 1 fully saturated rings. The van der Waals surface area contributed by atoms with E-state index in [0.717, 1.165) is 43.7 Å². The van der Waals surface area contributed by atoms with E-state index < -0.39 is 0 Å². The Balaban J connectivity index is 1.75. The normalized spacial score (nSPS) is 19.8. The van der Waals surface area contributed by atoms with Crippen molar-refractivity contribution in [2.24, 2.45) is 0 Å². The highest BCUT2D eigenvalue weighted by Gasteiger charge is 2.31. The summed E-state index contributed by atoms with van der Waals surface area (Å²) >= 11 is 0. The Morgan fingerprint density at radius 3 is 2.87 bits per heavy atom. The van der Waals surface area contributed by atoms with Crippen molar-refractivity contribution in [3.63, 3.8) is 0 Å². The zero-order chi connectivity index (χ0) is 16.4. The molecule has 7 heteroatoms. The highest BCUT2D eigenvalue weighted by Crippen LogP contribution is 2.22. The predicted octanol–water partition coefficient (Wildman–Crippen LogP) is 1.73. The standard InChI is InChI=1S/C16H24N6O/c1-12-8-13(2)21(19-12)9-15-6-4-5-7-20(15)16(23)14(3)22-11-17-10-18-22/h8,10-11,14-15H,4-7,9H2,1-3H3/t14-,15-/m1/s1. The first-order chi connectivity index (χ1) is 11.1. The van der Waals surface area contributed by atoms with E-state index in [4.69, 9.17) is 0 Å². The fourth-order valence-corrected chi connectivity index (χ4v) is 3.31. The minimum absolute atomic E-state index is 0.113. The van der Waals surface area contributed by atoms with Gasteiger partial charge in [0.1, 0.15) is 18.7 Å². The van der Waals surface area contributed by atoms with Crippen molar-refractivity contribution in [1.29, 1.82) is 0 Å². The summed E-state index contributed by atoms with van der Waals surface area (Å²) in [4.78, 5) is 18.8. The number of carbonyl (C=O) groups is 1. The van der Waals surface area contributed by atoms with E-state index in [1.165, 1.54) is 6.33 Å². The Labute approximate surface area is 136 Å². The number of rotatable bonds is 4. The lowest BCUT2D eigenvalue weighted by Crippen LogP contribution is -2.48. The van der Waals surface area contributed by atoms with Gasteiger partial charge in [0.05, 0.1) is 18.3 Å². The first-order valence-electron chi connectivity index (χ1n) is 8.22. The summed E-state index contributed by atoms with van der Waals surface area (Å²) < 4.78 is 3.64. The number of likely N-dealkylation sites (tertiary alicyclic amines) is 1. The van der Waals surface area contributed by atoms with Crippen LogP contribution >= 0.6 is 0 Å². The van der Waals surface area contributed by atoms with Gasteiger partial charge in [-0.15, -0.1) is 0 Å². The SMILES string of the molecule is Cc1cc(C)n(C[C@H]2CCCCN2C(=O)[C@@H](C)n2cncn2)n1. The highest BCUT2D eigenvalue weighted by molar-refractivity contribution is 5.80. The fourth-order valence-electron chi connectivity index (χ4n) is 3.31. The molecule has 0 aliphatic carbocycles. The number of aromatic nitrogens is 5. The Morgan fingerprint density at radius 2 is 2.22 bits per heavy atom. The fraction of sp³-hybridized carbons (Fsp3) is 0.625. The third kappa shape index (κ3) is 3.28. The molecule has 3 heterocycles. The van der Waals surface area contributed by atoms with E-state index in [0.29, 0.717) is 0 Å². The lowest BCUT2D eigenvalue weighted by molar-refractivity contribution is -0.138. The van der Waals surface area contributed by atoms with Crippen molar-refractivity contribution >= 4 is 5.91 Å². The molecule has 124 valence electrons. The maximum Gasteiger partial charge on any atom is 0.247 e. The van der Waals surface area contributed by atoms with Crippen molar-refractivity contribution in [1.82, 2.24) is 29.4 Å². The quantitative estimate of drug-likeness (QED) is 0.861. The van der Waals surface area contributed by atoms with Crippen LogP contribution < -0.4 is 0 Å². The number of hydrogen-bond acceptors (Lipinski definition) is 4. The molecule has 0 radical (unpaired) electrons. The summed E-state index contributed by atoms with van der Waals surface area (Å²) in [5.41, 5.74) is 2.16. The average Bonchev–Trinajstić information content (AvgIpc) is 3.17. The van der Waals surface area contributed by atoms with Crippen molar-refractivity contribution in [2.75, 3.05) is 6.54 Å². The number of hydrogen-bond donors (Lipinski definition) is 0. The molecule has 0 N–H and O–H groups in total. The number of carbonyl (C=O) groups excluding carboxylic acids is 1. The molecule has 3 rings (SSSR count). The largest absolute Gasteiger partial charge is 0.336 e. The maximum atomic E-state index is 12.9. The number of nitrogens with zero attached hydrogens (tertiary/aromatic N) is 6. The summed E-state index contributed by atoms with van der Waals surface area (Å²) in [5.74, 6) is 0.113. The highest BCUT2D eigenvalue weighted by atomic mass is 16.2. The van der Waals surface area contributed by atoms with E-state index in [-0.39, 0.29) is 18.0 Å². The van der Waals surface area contributed by atoms with E-state index >= 15 is 0 Å². The summed E-state index contributed by atoms with van der Waals surface area (Å²) in [6.07, 6.45) is 6.30. The van der Waals surface area contributed by atoms with Gasteiger partial charge in [-0.2, -0.15) is 10.2 Å². The number of piperidine rings is 1. The number of amides is 1. The van der Waals surface area contributed by atoms with Gasteiger partial charge in [-0.05, 0) is 46.1 Å². The van der Waals surface area contributed by atoms with Gasteiger partial charge in [0.2, 0.25) is 5.91 Å². The molecule has 1 amide bonds. The van der Waals surface area contributed by atoms with E-state index in [1.54, 1.807) is 11.0 Å². The summed E-state index contributed by atoms with van der Waals surface area (Å²) in [6.45, 7) is 7.51. The second kappa shape index (κ2) is 6.52. The zero-order valence-electron chi connectivity index (χ0n) is 14.0. The third-order valence-electron chi connectivity index (χ3n) is 4.59. The Hall–Kier alpha value is -2.18. The van der Waals surface area contributed by atoms with Crippen LogP contribution in [0.25, 0.3) is 0 Å². The minimum Gasteiger partial charge on any atom is -0.336 e. The molecule has 2 aromatic rings. The van der Waals surface area contributed by atoms with Gasteiger partial charge in [0.15, 0.2) is 0 Å². The van der Waals surface area contributed by atoms with E-state index in [9.17, 15) is 4.79 Å². The predicted molar refractivity (Wildman–Crippen MR) is 85.8 cm³/mol. The van der Waals surface area contributed by atoms with Gasteiger partial charge in [-0.25, -0.2) is 9.67 Å². The van der Waals surface area contributed by atoms with Crippen molar-refractivity contribution in [2.45, 2.75) is 58.7 Å². The Bertz CT molecular complexity index is 662. The molecule has 1 aliphatic rings. The topological polar surface area (TPSA) is 68.8 Å². The second-order valence-corrected chi connectivity index (χ2v) is 6.34. The van der Waals surface area contributed by atoms with Crippen molar-refractivity contribution < 1.29 is 4.79 Å². The molecule has 23 heavy (non-hydrogen) atoms. The van der Waals surface area contributed by atoms with E-state index in [1.807, 2.05) is 23.4 Å². The molecule has 0 spiro atoms. The lowest BCUT2D eigenvalue weighted by Gasteiger charge is -2.37. The van der Waals surface area contributed by atoms with Crippen molar-refractivity contribution in [3.05, 3.63) is 30.1 Å².